The number of amides is 1. The molecule has 134 valence electrons. The fourth-order valence-corrected chi connectivity index (χ4v) is 2.23. The molecule has 0 aliphatic carbocycles. The average Bonchev–Trinajstić information content (AvgIpc) is 2.61. The standard InChI is InChI=1S/C18H13F3N2O3/c19-18(20,21)14-3-1-2-13(9-14)16(24)23-15(17(25)26)8-11-4-6-12(10-22)7-5-11/h1-7,9,15H,8H2,(H,23,24)(H,25,26)/t15-/m0/s1. The van der Waals surface area contributed by atoms with Crippen molar-refractivity contribution in [2.24, 2.45) is 0 Å². The first kappa shape index (κ1) is 19.0. The second-order valence-corrected chi connectivity index (χ2v) is 5.46. The third-order valence-corrected chi connectivity index (χ3v) is 3.58. The largest absolute Gasteiger partial charge is 0.480 e. The monoisotopic (exact) mass is 362 g/mol. The Hall–Kier alpha value is -3.34. The van der Waals surface area contributed by atoms with Crippen LogP contribution >= 0.6 is 0 Å². The van der Waals surface area contributed by atoms with Crippen LogP contribution in [0.4, 0.5) is 13.2 Å². The minimum Gasteiger partial charge on any atom is -0.480 e. The van der Waals surface area contributed by atoms with E-state index in [-0.39, 0.29) is 12.0 Å². The minimum absolute atomic E-state index is 0.0776. The quantitative estimate of drug-likeness (QED) is 0.856. The van der Waals surface area contributed by atoms with Gasteiger partial charge in [-0.15, -0.1) is 0 Å². The predicted octanol–water partition coefficient (Wildman–Crippen LogP) is 3.00. The molecule has 26 heavy (non-hydrogen) atoms. The van der Waals surface area contributed by atoms with Gasteiger partial charge in [-0.25, -0.2) is 4.79 Å². The third-order valence-electron chi connectivity index (χ3n) is 3.58. The molecule has 1 atom stereocenters. The Bertz CT molecular complexity index is 855. The van der Waals surface area contributed by atoms with E-state index in [1.165, 1.54) is 18.2 Å². The highest BCUT2D eigenvalue weighted by molar-refractivity contribution is 5.96. The van der Waals surface area contributed by atoms with Crippen molar-refractivity contribution in [2.45, 2.75) is 18.6 Å². The lowest BCUT2D eigenvalue weighted by Crippen LogP contribution is -2.42. The second-order valence-electron chi connectivity index (χ2n) is 5.46. The summed E-state index contributed by atoms with van der Waals surface area (Å²) in [6.07, 6.45) is -4.68. The Labute approximate surface area is 146 Å². The maximum absolute atomic E-state index is 12.7. The van der Waals surface area contributed by atoms with E-state index in [2.05, 4.69) is 5.32 Å². The number of alkyl halides is 3. The smallest absolute Gasteiger partial charge is 0.416 e. The summed E-state index contributed by atoms with van der Waals surface area (Å²) in [5.41, 5.74) is -0.329. The summed E-state index contributed by atoms with van der Waals surface area (Å²) < 4.78 is 38.2. The number of carbonyl (C=O) groups is 2. The number of nitriles is 1. The van der Waals surface area contributed by atoms with Crippen LogP contribution in [0.25, 0.3) is 0 Å². The molecule has 0 aromatic heterocycles. The number of nitrogens with zero attached hydrogens (tertiary/aromatic N) is 1. The molecule has 0 unspecified atom stereocenters. The number of hydrogen-bond acceptors (Lipinski definition) is 3. The number of rotatable bonds is 5. The van der Waals surface area contributed by atoms with Crippen molar-refractivity contribution >= 4 is 11.9 Å². The van der Waals surface area contributed by atoms with Crippen LogP contribution in [0.5, 0.6) is 0 Å². The number of carboxylic acids is 1. The molecule has 2 aromatic rings. The highest BCUT2D eigenvalue weighted by Gasteiger charge is 2.31. The molecular weight excluding hydrogens is 349 g/mol. The maximum atomic E-state index is 12.7. The van der Waals surface area contributed by atoms with E-state index in [1.807, 2.05) is 6.07 Å². The van der Waals surface area contributed by atoms with Crippen molar-refractivity contribution in [3.05, 3.63) is 70.8 Å². The van der Waals surface area contributed by atoms with Gasteiger partial charge in [0, 0.05) is 12.0 Å². The van der Waals surface area contributed by atoms with E-state index in [9.17, 15) is 27.9 Å². The zero-order valence-corrected chi connectivity index (χ0v) is 13.2. The third kappa shape index (κ3) is 4.83. The van der Waals surface area contributed by atoms with E-state index >= 15 is 0 Å². The van der Waals surface area contributed by atoms with Crippen LogP contribution in [0.1, 0.15) is 27.0 Å². The minimum atomic E-state index is -4.61. The van der Waals surface area contributed by atoms with Crippen molar-refractivity contribution in [1.82, 2.24) is 5.32 Å². The van der Waals surface area contributed by atoms with E-state index in [1.54, 1.807) is 12.1 Å². The van der Waals surface area contributed by atoms with Crippen molar-refractivity contribution in [1.29, 1.82) is 5.26 Å². The number of hydrogen-bond donors (Lipinski definition) is 2. The van der Waals surface area contributed by atoms with E-state index in [0.29, 0.717) is 17.2 Å². The summed E-state index contributed by atoms with van der Waals surface area (Å²) in [5, 5.41) is 20.2. The number of nitrogens with one attached hydrogen (secondary N) is 1. The van der Waals surface area contributed by atoms with Gasteiger partial charge in [0.1, 0.15) is 6.04 Å². The summed E-state index contributed by atoms with van der Waals surface area (Å²) in [4.78, 5) is 23.5. The van der Waals surface area contributed by atoms with Gasteiger partial charge < -0.3 is 10.4 Å². The molecule has 0 aliphatic rings. The van der Waals surface area contributed by atoms with Gasteiger partial charge in [-0.3, -0.25) is 4.79 Å². The molecule has 2 aromatic carbocycles. The fourth-order valence-electron chi connectivity index (χ4n) is 2.23. The van der Waals surface area contributed by atoms with Crippen molar-refractivity contribution < 1.29 is 27.9 Å². The Balaban J connectivity index is 2.15. The predicted molar refractivity (Wildman–Crippen MR) is 85.2 cm³/mol. The van der Waals surface area contributed by atoms with Crippen LogP contribution in [0.15, 0.2) is 48.5 Å². The van der Waals surface area contributed by atoms with E-state index in [0.717, 1.165) is 12.1 Å². The summed E-state index contributed by atoms with van der Waals surface area (Å²) in [6.45, 7) is 0. The van der Waals surface area contributed by atoms with Gasteiger partial charge in [-0.1, -0.05) is 18.2 Å². The molecule has 0 bridgehead atoms. The zero-order valence-electron chi connectivity index (χ0n) is 13.2. The molecule has 0 heterocycles. The molecule has 0 radical (unpaired) electrons. The molecule has 2 rings (SSSR count). The van der Waals surface area contributed by atoms with Gasteiger partial charge >= 0.3 is 12.1 Å². The first-order valence-electron chi connectivity index (χ1n) is 7.40. The molecule has 0 spiro atoms. The average molecular weight is 362 g/mol. The fraction of sp³-hybridized carbons (Fsp3) is 0.167. The van der Waals surface area contributed by atoms with Gasteiger partial charge in [0.05, 0.1) is 17.2 Å². The molecule has 0 saturated heterocycles. The first-order chi connectivity index (χ1) is 12.2. The normalized spacial score (nSPS) is 12.1. The molecule has 5 nitrogen and oxygen atoms in total. The van der Waals surface area contributed by atoms with E-state index in [4.69, 9.17) is 5.26 Å². The maximum Gasteiger partial charge on any atom is 0.416 e. The zero-order chi connectivity index (χ0) is 19.3. The van der Waals surface area contributed by atoms with Gasteiger partial charge in [-0.2, -0.15) is 18.4 Å². The molecule has 1 amide bonds. The summed E-state index contributed by atoms with van der Waals surface area (Å²) >= 11 is 0. The van der Waals surface area contributed by atoms with Crippen molar-refractivity contribution in [3.63, 3.8) is 0 Å². The van der Waals surface area contributed by atoms with Crippen LogP contribution in [0.3, 0.4) is 0 Å². The van der Waals surface area contributed by atoms with Gasteiger partial charge in [0.15, 0.2) is 0 Å². The second kappa shape index (κ2) is 7.70. The number of aliphatic carboxylic acids is 1. The number of halogens is 3. The Kier molecular flexibility index (Phi) is 5.62. The molecule has 8 heteroatoms. The lowest BCUT2D eigenvalue weighted by molar-refractivity contribution is -0.139. The van der Waals surface area contributed by atoms with Gasteiger partial charge in [-0.05, 0) is 35.9 Å². The number of benzene rings is 2. The van der Waals surface area contributed by atoms with Crippen LogP contribution in [-0.4, -0.2) is 23.0 Å². The van der Waals surface area contributed by atoms with Crippen LogP contribution in [0.2, 0.25) is 0 Å². The first-order valence-corrected chi connectivity index (χ1v) is 7.40. The molecule has 0 aliphatic heterocycles. The lowest BCUT2D eigenvalue weighted by Gasteiger charge is -2.15. The highest BCUT2D eigenvalue weighted by atomic mass is 19.4. The van der Waals surface area contributed by atoms with Crippen LogP contribution in [0, 0.1) is 11.3 Å². The van der Waals surface area contributed by atoms with Gasteiger partial charge in [0.25, 0.3) is 5.91 Å². The van der Waals surface area contributed by atoms with Crippen molar-refractivity contribution in [3.8, 4) is 6.07 Å². The summed E-state index contributed by atoms with van der Waals surface area (Å²) in [6, 6.07) is 10.4. The van der Waals surface area contributed by atoms with Crippen molar-refractivity contribution in [2.75, 3.05) is 0 Å². The Morgan fingerprint density at radius 1 is 1.15 bits per heavy atom. The van der Waals surface area contributed by atoms with Crippen LogP contribution < -0.4 is 5.32 Å². The summed E-state index contributed by atoms with van der Waals surface area (Å²) in [5.74, 6) is -2.24. The highest BCUT2D eigenvalue weighted by Crippen LogP contribution is 2.29. The molecule has 2 N–H and O–H groups in total. The summed E-state index contributed by atoms with van der Waals surface area (Å²) in [7, 11) is 0. The topological polar surface area (TPSA) is 90.2 Å². The van der Waals surface area contributed by atoms with Crippen LogP contribution in [-0.2, 0) is 17.4 Å². The number of carboxylic acid groups (broad SMARTS) is 1. The molecule has 0 saturated carbocycles. The lowest BCUT2D eigenvalue weighted by atomic mass is 10.0. The van der Waals surface area contributed by atoms with E-state index < -0.39 is 29.7 Å². The molecule has 0 fully saturated rings. The Morgan fingerprint density at radius 3 is 2.35 bits per heavy atom. The number of carbonyl (C=O) groups excluding carboxylic acids is 1. The SMILES string of the molecule is N#Cc1ccc(C[C@H](NC(=O)c2cccc(C(F)(F)F)c2)C(=O)O)cc1. The molecular formula is C18H13F3N2O3. The van der Waals surface area contributed by atoms with Gasteiger partial charge in [0.2, 0.25) is 0 Å². The Morgan fingerprint density at radius 2 is 1.81 bits per heavy atom.